The van der Waals surface area contributed by atoms with Crippen molar-refractivity contribution in [2.75, 3.05) is 21.9 Å². The van der Waals surface area contributed by atoms with Crippen molar-refractivity contribution in [1.29, 1.82) is 0 Å². The molecule has 0 aromatic heterocycles. The minimum atomic E-state index is -3.53. The molecule has 0 bridgehead atoms. The Morgan fingerprint density at radius 1 is 1.21 bits per heavy atom. The van der Waals surface area contributed by atoms with Crippen LogP contribution in [0.4, 0.5) is 11.4 Å². The van der Waals surface area contributed by atoms with Crippen LogP contribution >= 0.6 is 0 Å². The maximum atomic E-state index is 12.7. The molecular formula is C20H24N2O5S. The Bertz CT molecular complexity index is 941. The van der Waals surface area contributed by atoms with E-state index in [0.717, 1.165) is 0 Å². The maximum absolute atomic E-state index is 12.7. The van der Waals surface area contributed by atoms with Gasteiger partial charge in [-0.1, -0.05) is 12.1 Å². The number of fused-ring (bicyclic) bond motifs is 1. The molecule has 28 heavy (non-hydrogen) atoms. The van der Waals surface area contributed by atoms with Crippen molar-refractivity contribution < 1.29 is 22.7 Å². The summed E-state index contributed by atoms with van der Waals surface area (Å²) in [5.41, 5.74) is 1.03. The molecule has 1 aliphatic rings. The second-order valence-electron chi connectivity index (χ2n) is 6.69. The summed E-state index contributed by atoms with van der Waals surface area (Å²) in [6.07, 6.45) is -0.898. The van der Waals surface area contributed by atoms with E-state index in [2.05, 4.69) is 5.32 Å². The van der Waals surface area contributed by atoms with Crippen LogP contribution in [0.25, 0.3) is 0 Å². The molecule has 2 aromatic carbocycles. The molecule has 0 saturated carbocycles. The fourth-order valence-electron chi connectivity index (χ4n) is 2.87. The predicted octanol–water partition coefficient (Wildman–Crippen LogP) is 3.03. The molecule has 0 aliphatic carbocycles. The molecule has 1 amide bonds. The summed E-state index contributed by atoms with van der Waals surface area (Å²) in [5, 5.41) is 2.77. The third-order valence-electron chi connectivity index (χ3n) is 4.22. The average Bonchev–Trinajstić information content (AvgIpc) is 2.68. The SMILES string of the molecule is CCS(=O)(=O)N1CC(C(=O)Nc2ccc(OC(C)C)cc2)Oc2ccccc21. The minimum absolute atomic E-state index is 0.0580. The molecule has 8 heteroatoms. The van der Waals surface area contributed by atoms with Gasteiger partial charge in [0.1, 0.15) is 11.5 Å². The number of carbonyl (C=O) groups excluding carboxylic acids is 1. The van der Waals surface area contributed by atoms with Crippen LogP contribution in [0.3, 0.4) is 0 Å². The predicted molar refractivity (Wildman–Crippen MR) is 109 cm³/mol. The van der Waals surface area contributed by atoms with Crippen molar-refractivity contribution in [3.05, 3.63) is 48.5 Å². The number of benzene rings is 2. The van der Waals surface area contributed by atoms with Crippen LogP contribution in [0.2, 0.25) is 0 Å². The summed E-state index contributed by atoms with van der Waals surface area (Å²) in [5.74, 6) is 0.596. The fourth-order valence-corrected chi connectivity index (χ4v) is 3.99. The summed E-state index contributed by atoms with van der Waals surface area (Å²) in [7, 11) is -3.53. The van der Waals surface area contributed by atoms with Crippen molar-refractivity contribution in [3.63, 3.8) is 0 Å². The van der Waals surface area contributed by atoms with Crippen molar-refractivity contribution in [2.45, 2.75) is 33.0 Å². The molecular weight excluding hydrogens is 380 g/mol. The molecule has 1 atom stereocenters. The Balaban J connectivity index is 1.77. The third kappa shape index (κ3) is 4.39. The van der Waals surface area contributed by atoms with Crippen LogP contribution in [-0.2, 0) is 14.8 Å². The lowest BCUT2D eigenvalue weighted by molar-refractivity contribution is -0.122. The summed E-state index contributed by atoms with van der Waals surface area (Å²) in [6, 6.07) is 13.8. The molecule has 0 radical (unpaired) electrons. The maximum Gasteiger partial charge on any atom is 0.267 e. The van der Waals surface area contributed by atoms with Gasteiger partial charge in [-0.15, -0.1) is 0 Å². The summed E-state index contributed by atoms with van der Waals surface area (Å²) in [6.45, 7) is 5.37. The lowest BCUT2D eigenvalue weighted by Crippen LogP contribution is -2.49. The molecule has 2 aromatic rings. The second kappa shape index (κ2) is 8.10. The first-order chi connectivity index (χ1) is 13.3. The molecule has 0 fully saturated rings. The van der Waals surface area contributed by atoms with Crippen LogP contribution in [0, 0.1) is 0 Å². The van der Waals surface area contributed by atoms with Crippen LogP contribution in [-0.4, -0.2) is 38.8 Å². The average molecular weight is 404 g/mol. The zero-order valence-electron chi connectivity index (χ0n) is 16.1. The number of carbonyl (C=O) groups is 1. The number of hydrogen-bond acceptors (Lipinski definition) is 5. The molecule has 1 heterocycles. The highest BCUT2D eigenvalue weighted by Crippen LogP contribution is 2.35. The van der Waals surface area contributed by atoms with Gasteiger partial charge in [-0.05, 0) is 57.2 Å². The van der Waals surface area contributed by atoms with E-state index in [4.69, 9.17) is 9.47 Å². The smallest absolute Gasteiger partial charge is 0.267 e. The molecule has 1 N–H and O–H groups in total. The zero-order valence-corrected chi connectivity index (χ0v) is 16.9. The highest BCUT2D eigenvalue weighted by Gasteiger charge is 2.35. The monoisotopic (exact) mass is 404 g/mol. The van der Waals surface area contributed by atoms with Gasteiger partial charge in [0.15, 0.2) is 6.10 Å². The van der Waals surface area contributed by atoms with Crippen LogP contribution in [0.15, 0.2) is 48.5 Å². The largest absolute Gasteiger partial charge is 0.491 e. The summed E-state index contributed by atoms with van der Waals surface area (Å²) >= 11 is 0. The number of amides is 1. The first kappa shape index (κ1) is 20.0. The molecule has 1 unspecified atom stereocenters. The van der Waals surface area contributed by atoms with Crippen molar-refractivity contribution in [2.24, 2.45) is 0 Å². The lowest BCUT2D eigenvalue weighted by Gasteiger charge is -2.34. The summed E-state index contributed by atoms with van der Waals surface area (Å²) < 4.78 is 37.6. The third-order valence-corrected chi connectivity index (χ3v) is 5.97. The summed E-state index contributed by atoms with van der Waals surface area (Å²) in [4.78, 5) is 12.7. The molecule has 1 aliphatic heterocycles. The van der Waals surface area contributed by atoms with Crippen molar-refractivity contribution in [3.8, 4) is 11.5 Å². The highest BCUT2D eigenvalue weighted by atomic mass is 32.2. The number of para-hydroxylation sites is 2. The quantitative estimate of drug-likeness (QED) is 0.800. The van der Waals surface area contributed by atoms with Crippen LogP contribution in [0.5, 0.6) is 11.5 Å². The normalized spacial score (nSPS) is 16.3. The number of sulfonamides is 1. The van der Waals surface area contributed by atoms with Crippen molar-refractivity contribution >= 4 is 27.3 Å². The molecule has 3 rings (SSSR count). The number of nitrogens with one attached hydrogen (secondary N) is 1. The van der Waals surface area contributed by atoms with Crippen molar-refractivity contribution in [1.82, 2.24) is 0 Å². The van der Waals surface area contributed by atoms with Crippen LogP contribution < -0.4 is 19.1 Å². The fraction of sp³-hybridized carbons (Fsp3) is 0.350. The number of nitrogens with zero attached hydrogens (tertiary/aromatic N) is 1. The number of hydrogen-bond donors (Lipinski definition) is 1. The van der Waals surface area contributed by atoms with Gasteiger partial charge in [-0.25, -0.2) is 8.42 Å². The number of ether oxygens (including phenoxy) is 2. The Labute approximate surface area is 165 Å². The van der Waals surface area contributed by atoms with E-state index in [1.54, 1.807) is 55.5 Å². The van der Waals surface area contributed by atoms with Gasteiger partial charge in [-0.2, -0.15) is 0 Å². The number of rotatable bonds is 6. The van der Waals surface area contributed by atoms with Crippen LogP contribution in [0.1, 0.15) is 20.8 Å². The second-order valence-corrected chi connectivity index (χ2v) is 8.87. The van der Waals surface area contributed by atoms with Gasteiger partial charge in [0.25, 0.3) is 5.91 Å². The Morgan fingerprint density at radius 3 is 2.54 bits per heavy atom. The van der Waals surface area contributed by atoms with Gasteiger partial charge >= 0.3 is 0 Å². The Kier molecular flexibility index (Phi) is 5.79. The van der Waals surface area contributed by atoms with Gasteiger partial charge < -0.3 is 14.8 Å². The van der Waals surface area contributed by atoms with Gasteiger partial charge in [0.05, 0.1) is 24.1 Å². The van der Waals surface area contributed by atoms with Gasteiger partial charge in [0, 0.05) is 5.69 Å². The molecule has 150 valence electrons. The van der Waals surface area contributed by atoms with E-state index in [-0.39, 0.29) is 18.4 Å². The first-order valence-electron chi connectivity index (χ1n) is 9.14. The highest BCUT2D eigenvalue weighted by molar-refractivity contribution is 7.92. The zero-order chi connectivity index (χ0) is 20.3. The van der Waals surface area contributed by atoms with E-state index >= 15 is 0 Å². The topological polar surface area (TPSA) is 84.9 Å². The van der Waals surface area contributed by atoms with Gasteiger partial charge in [-0.3, -0.25) is 9.10 Å². The van der Waals surface area contributed by atoms with Gasteiger partial charge in [0.2, 0.25) is 10.0 Å². The lowest BCUT2D eigenvalue weighted by atomic mass is 10.2. The van der Waals surface area contributed by atoms with E-state index in [0.29, 0.717) is 22.9 Å². The Hall–Kier alpha value is -2.74. The van der Waals surface area contributed by atoms with E-state index < -0.39 is 22.0 Å². The van der Waals surface area contributed by atoms with E-state index in [1.165, 1.54) is 4.31 Å². The standard InChI is InChI=1S/C20H24N2O5S/c1-4-28(24,25)22-13-19(27-18-8-6-5-7-17(18)22)20(23)21-15-9-11-16(12-10-15)26-14(2)3/h5-12,14,19H,4,13H2,1-3H3,(H,21,23). The number of anilines is 2. The first-order valence-corrected chi connectivity index (χ1v) is 10.7. The Morgan fingerprint density at radius 2 is 1.89 bits per heavy atom. The van der Waals surface area contributed by atoms with E-state index in [9.17, 15) is 13.2 Å². The minimum Gasteiger partial charge on any atom is -0.491 e. The molecule has 0 spiro atoms. The van der Waals surface area contributed by atoms with E-state index in [1.807, 2.05) is 13.8 Å². The molecule has 0 saturated heterocycles. The molecule has 7 nitrogen and oxygen atoms in total.